The van der Waals surface area contributed by atoms with E-state index in [-0.39, 0.29) is 11.9 Å². The molecule has 1 saturated heterocycles. The summed E-state index contributed by atoms with van der Waals surface area (Å²) in [5.74, 6) is 0.0304. The molecule has 0 radical (unpaired) electrons. The highest BCUT2D eigenvalue weighted by molar-refractivity contribution is 5.92. The number of nitrogens with zero attached hydrogens (tertiary/aromatic N) is 3. The second-order valence-corrected chi connectivity index (χ2v) is 7.14. The van der Waals surface area contributed by atoms with Crippen LogP contribution in [0.4, 0.5) is 0 Å². The number of likely N-dealkylation sites (tertiary alicyclic amines) is 1. The second-order valence-electron chi connectivity index (χ2n) is 7.14. The van der Waals surface area contributed by atoms with E-state index in [1.807, 2.05) is 30.6 Å². The van der Waals surface area contributed by atoms with E-state index in [4.69, 9.17) is 0 Å². The Morgan fingerprint density at radius 3 is 2.76 bits per heavy atom. The van der Waals surface area contributed by atoms with Crippen LogP contribution in [-0.2, 0) is 0 Å². The first kappa shape index (κ1) is 16.3. The van der Waals surface area contributed by atoms with Gasteiger partial charge >= 0.3 is 0 Å². The Labute approximate surface area is 149 Å². The van der Waals surface area contributed by atoms with Gasteiger partial charge in [0.1, 0.15) is 5.69 Å². The summed E-state index contributed by atoms with van der Waals surface area (Å²) in [5.41, 5.74) is 1.97. The SMILES string of the molecule is O=C(NC[C@@H](c1cccnc1)N1CCCCC1)c1cccn1C1CC1. The van der Waals surface area contributed by atoms with Crippen molar-refractivity contribution in [3.8, 4) is 0 Å². The molecule has 1 N–H and O–H groups in total. The van der Waals surface area contributed by atoms with Crippen LogP contribution in [0.5, 0.6) is 0 Å². The summed E-state index contributed by atoms with van der Waals surface area (Å²) in [6, 6.07) is 8.70. The van der Waals surface area contributed by atoms with Gasteiger partial charge in [-0.1, -0.05) is 12.5 Å². The van der Waals surface area contributed by atoms with Crippen molar-refractivity contribution >= 4 is 5.91 Å². The number of piperidine rings is 1. The van der Waals surface area contributed by atoms with E-state index < -0.39 is 0 Å². The van der Waals surface area contributed by atoms with Crippen molar-refractivity contribution in [2.24, 2.45) is 0 Å². The van der Waals surface area contributed by atoms with Crippen LogP contribution in [0.25, 0.3) is 0 Å². The molecular weight excluding hydrogens is 312 g/mol. The number of pyridine rings is 1. The maximum absolute atomic E-state index is 12.7. The van der Waals surface area contributed by atoms with Crippen molar-refractivity contribution in [2.45, 2.75) is 44.2 Å². The van der Waals surface area contributed by atoms with E-state index in [0.717, 1.165) is 18.8 Å². The number of carbonyl (C=O) groups excluding carboxylic acids is 1. The first-order chi connectivity index (χ1) is 12.3. The summed E-state index contributed by atoms with van der Waals surface area (Å²) in [6.07, 6.45) is 11.9. The summed E-state index contributed by atoms with van der Waals surface area (Å²) < 4.78 is 2.12. The Bertz CT molecular complexity index is 701. The Balaban J connectivity index is 1.46. The summed E-state index contributed by atoms with van der Waals surface area (Å²) in [6.45, 7) is 2.81. The lowest BCUT2D eigenvalue weighted by atomic mass is 10.0. The quantitative estimate of drug-likeness (QED) is 0.880. The van der Waals surface area contributed by atoms with Gasteiger partial charge in [0.05, 0.1) is 6.04 Å². The number of amides is 1. The molecule has 1 amide bonds. The molecule has 2 fully saturated rings. The molecule has 2 aromatic rings. The van der Waals surface area contributed by atoms with E-state index in [0.29, 0.717) is 12.6 Å². The van der Waals surface area contributed by atoms with E-state index in [1.54, 1.807) is 6.20 Å². The lowest BCUT2D eigenvalue weighted by Gasteiger charge is -2.34. The maximum Gasteiger partial charge on any atom is 0.267 e. The molecule has 1 aliphatic carbocycles. The Kier molecular flexibility index (Phi) is 4.83. The summed E-state index contributed by atoms with van der Waals surface area (Å²) in [4.78, 5) is 19.5. The van der Waals surface area contributed by atoms with Crippen molar-refractivity contribution in [1.82, 2.24) is 19.8 Å². The van der Waals surface area contributed by atoms with Gasteiger partial charge in [-0.05, 0) is 62.5 Å². The number of carbonyl (C=O) groups is 1. The number of hydrogen-bond donors (Lipinski definition) is 1. The molecule has 25 heavy (non-hydrogen) atoms. The Morgan fingerprint density at radius 1 is 1.20 bits per heavy atom. The van der Waals surface area contributed by atoms with E-state index in [1.165, 1.54) is 37.7 Å². The molecule has 0 aromatic carbocycles. The fourth-order valence-electron chi connectivity index (χ4n) is 3.80. The lowest BCUT2D eigenvalue weighted by Crippen LogP contribution is -2.41. The molecule has 3 heterocycles. The molecule has 1 aliphatic heterocycles. The third-order valence-corrected chi connectivity index (χ3v) is 5.31. The predicted molar refractivity (Wildman–Crippen MR) is 97.4 cm³/mol. The normalized spacial score (nSPS) is 19.5. The minimum absolute atomic E-state index is 0.0304. The summed E-state index contributed by atoms with van der Waals surface area (Å²) >= 11 is 0. The van der Waals surface area contributed by atoms with Crippen molar-refractivity contribution in [3.05, 3.63) is 54.1 Å². The van der Waals surface area contributed by atoms with Gasteiger partial charge in [0.2, 0.25) is 0 Å². The minimum atomic E-state index is 0.0304. The largest absolute Gasteiger partial charge is 0.349 e. The van der Waals surface area contributed by atoms with Crippen molar-refractivity contribution < 1.29 is 4.79 Å². The Hall–Kier alpha value is -2.14. The van der Waals surface area contributed by atoms with Gasteiger partial charge in [-0.2, -0.15) is 0 Å². The molecule has 1 atom stereocenters. The molecule has 4 rings (SSSR count). The first-order valence-electron chi connectivity index (χ1n) is 9.42. The molecule has 1 saturated carbocycles. The number of rotatable bonds is 6. The fraction of sp³-hybridized carbons (Fsp3) is 0.500. The number of aromatic nitrogens is 2. The summed E-state index contributed by atoms with van der Waals surface area (Å²) in [7, 11) is 0. The van der Waals surface area contributed by atoms with Crippen molar-refractivity contribution in [2.75, 3.05) is 19.6 Å². The number of nitrogens with one attached hydrogen (secondary N) is 1. The molecule has 0 unspecified atom stereocenters. The predicted octanol–water partition coefficient (Wildman–Crippen LogP) is 3.18. The highest BCUT2D eigenvalue weighted by Crippen LogP contribution is 2.36. The second kappa shape index (κ2) is 7.40. The van der Waals surface area contributed by atoms with Gasteiger partial charge in [-0.15, -0.1) is 0 Å². The third kappa shape index (κ3) is 3.76. The molecule has 2 aliphatic rings. The van der Waals surface area contributed by atoms with Crippen LogP contribution < -0.4 is 5.32 Å². The van der Waals surface area contributed by atoms with Gasteiger partial charge in [-0.3, -0.25) is 14.7 Å². The van der Waals surface area contributed by atoms with Crippen LogP contribution in [0, 0.1) is 0 Å². The fourth-order valence-corrected chi connectivity index (χ4v) is 3.80. The van der Waals surface area contributed by atoms with E-state index in [9.17, 15) is 4.79 Å². The third-order valence-electron chi connectivity index (χ3n) is 5.31. The molecule has 5 nitrogen and oxygen atoms in total. The topological polar surface area (TPSA) is 50.2 Å². The van der Waals surface area contributed by atoms with Crippen molar-refractivity contribution in [1.29, 1.82) is 0 Å². The van der Waals surface area contributed by atoms with Gasteiger partial charge in [0, 0.05) is 31.2 Å². The van der Waals surface area contributed by atoms with Crippen LogP contribution in [0.1, 0.15) is 60.2 Å². The lowest BCUT2D eigenvalue weighted by molar-refractivity contribution is 0.0915. The summed E-state index contributed by atoms with van der Waals surface area (Å²) in [5, 5.41) is 3.17. The highest BCUT2D eigenvalue weighted by atomic mass is 16.1. The molecule has 0 bridgehead atoms. The molecule has 132 valence electrons. The molecule has 5 heteroatoms. The zero-order chi connectivity index (χ0) is 17.1. The van der Waals surface area contributed by atoms with Gasteiger partial charge in [-0.25, -0.2) is 0 Å². The molecular formula is C20H26N4O. The monoisotopic (exact) mass is 338 g/mol. The maximum atomic E-state index is 12.7. The van der Waals surface area contributed by atoms with E-state index >= 15 is 0 Å². The highest BCUT2D eigenvalue weighted by Gasteiger charge is 2.28. The minimum Gasteiger partial charge on any atom is -0.349 e. The van der Waals surface area contributed by atoms with Crippen LogP contribution in [0.2, 0.25) is 0 Å². The van der Waals surface area contributed by atoms with Gasteiger partial charge in [0.25, 0.3) is 5.91 Å². The van der Waals surface area contributed by atoms with Crippen LogP contribution in [0.3, 0.4) is 0 Å². The van der Waals surface area contributed by atoms with Gasteiger partial charge < -0.3 is 9.88 Å². The van der Waals surface area contributed by atoms with Crippen LogP contribution in [-0.4, -0.2) is 40.0 Å². The zero-order valence-electron chi connectivity index (χ0n) is 14.6. The van der Waals surface area contributed by atoms with Crippen molar-refractivity contribution in [3.63, 3.8) is 0 Å². The Morgan fingerprint density at radius 2 is 2.04 bits per heavy atom. The standard InChI is InChI=1S/C20H26N4O/c25-20(18-7-5-13-24(18)17-8-9-17)22-15-19(16-6-4-10-21-14-16)23-11-2-1-3-12-23/h4-7,10,13-14,17,19H,1-3,8-9,11-12,15H2,(H,22,25)/t19-/m0/s1. The van der Waals surface area contributed by atoms with Crippen LogP contribution >= 0.6 is 0 Å². The van der Waals surface area contributed by atoms with Crippen LogP contribution in [0.15, 0.2) is 42.9 Å². The molecule has 0 spiro atoms. The van der Waals surface area contributed by atoms with Gasteiger partial charge in [0.15, 0.2) is 0 Å². The average Bonchev–Trinajstić information content (AvgIpc) is 3.40. The van der Waals surface area contributed by atoms with E-state index in [2.05, 4.69) is 25.8 Å². The number of hydrogen-bond acceptors (Lipinski definition) is 3. The average molecular weight is 338 g/mol. The smallest absolute Gasteiger partial charge is 0.267 e. The first-order valence-corrected chi connectivity index (χ1v) is 9.42. The molecule has 2 aromatic heterocycles. The zero-order valence-corrected chi connectivity index (χ0v) is 14.6.